The van der Waals surface area contributed by atoms with Gasteiger partial charge in [0.25, 0.3) is 6.43 Å². The van der Waals surface area contributed by atoms with Crippen molar-refractivity contribution in [1.82, 2.24) is 24.8 Å². The van der Waals surface area contributed by atoms with Crippen LogP contribution < -0.4 is 26.6 Å². The van der Waals surface area contributed by atoms with Crippen molar-refractivity contribution in [3.05, 3.63) is 60.4 Å². The molecule has 13 heteroatoms. The maximum atomic E-state index is 14.1. The highest BCUT2D eigenvalue weighted by Crippen LogP contribution is 2.30. The molecule has 2 aliphatic rings. The number of anilines is 4. The number of nitrogens with two attached hydrogens (primary N) is 1. The molecule has 11 nitrogen and oxygen atoms in total. The fraction of sp³-hybridized carbons (Fsp3) is 0.400. The summed E-state index contributed by atoms with van der Waals surface area (Å²) in [7, 11) is 0. The lowest BCUT2D eigenvalue weighted by molar-refractivity contribution is 0.122. The molecule has 0 atom stereocenters. The third-order valence-corrected chi connectivity index (χ3v) is 7.94. The number of rotatable bonds is 8. The van der Waals surface area contributed by atoms with Gasteiger partial charge in [0.2, 0.25) is 5.95 Å². The van der Waals surface area contributed by atoms with E-state index in [0.29, 0.717) is 78.8 Å². The molecule has 0 unspecified atom stereocenters. The molecule has 0 spiro atoms. The van der Waals surface area contributed by atoms with Crippen LogP contribution in [0.1, 0.15) is 37.9 Å². The molecular weight excluding hydrogens is 556 g/mol. The predicted octanol–water partition coefficient (Wildman–Crippen LogP) is 4.96. The zero-order valence-electron chi connectivity index (χ0n) is 23.7. The number of halogens is 2. The molecule has 0 radical (unpaired) electrons. The standard InChI is InChI=1S/C30H35F2N9O2/c31-27(32)28-37-23-3-1-2-4-24(23)41(28)26-17-25(40-13-15-43-16-14-40)38-29(39-26)34-18-19-5-9-21(10-6-19)35-30(42)36-22-11-7-20(33)8-12-22/h1-4,7-8,11-12,17,19,21,27H,5-6,9-10,13-16,18,33H2,(H,34,38,39)(H2,35,36,42). The number of imidazole rings is 1. The Bertz CT molecular complexity index is 1550. The number of hydrogen-bond acceptors (Lipinski definition) is 8. The van der Waals surface area contributed by atoms with Crippen molar-refractivity contribution in [1.29, 1.82) is 0 Å². The second kappa shape index (κ2) is 12.8. The number of ether oxygens (including phenoxy) is 1. The molecule has 2 aromatic carbocycles. The van der Waals surface area contributed by atoms with Crippen molar-refractivity contribution in [3.8, 4) is 5.82 Å². The van der Waals surface area contributed by atoms with E-state index < -0.39 is 6.43 Å². The normalized spacial score (nSPS) is 19.0. The monoisotopic (exact) mass is 591 g/mol. The van der Waals surface area contributed by atoms with Crippen LogP contribution in [0.2, 0.25) is 0 Å². The predicted molar refractivity (Wildman–Crippen MR) is 162 cm³/mol. The van der Waals surface area contributed by atoms with E-state index in [9.17, 15) is 13.6 Å². The zero-order valence-corrected chi connectivity index (χ0v) is 23.7. The van der Waals surface area contributed by atoms with Crippen LogP contribution in [0.15, 0.2) is 54.6 Å². The number of nitrogens with one attached hydrogen (secondary N) is 3. The molecule has 6 rings (SSSR count). The van der Waals surface area contributed by atoms with Crippen molar-refractivity contribution in [2.45, 2.75) is 38.2 Å². The van der Waals surface area contributed by atoms with E-state index in [4.69, 9.17) is 15.5 Å². The summed E-state index contributed by atoms with van der Waals surface area (Å²) in [6, 6.07) is 15.7. The molecule has 1 saturated carbocycles. The number of hydrogen-bond donors (Lipinski definition) is 4. The van der Waals surface area contributed by atoms with Gasteiger partial charge in [-0.15, -0.1) is 0 Å². The van der Waals surface area contributed by atoms with E-state index in [0.717, 1.165) is 25.7 Å². The molecule has 43 heavy (non-hydrogen) atoms. The maximum absolute atomic E-state index is 14.1. The molecule has 2 aromatic heterocycles. The van der Waals surface area contributed by atoms with Crippen LogP contribution in [0.4, 0.5) is 36.7 Å². The Labute approximate surface area is 247 Å². The van der Waals surface area contributed by atoms with Crippen LogP contribution in [0, 0.1) is 5.92 Å². The van der Waals surface area contributed by atoms with E-state index in [-0.39, 0.29) is 17.9 Å². The third kappa shape index (κ3) is 6.77. The number of aromatic nitrogens is 4. The van der Waals surface area contributed by atoms with Crippen LogP contribution in [0.5, 0.6) is 0 Å². The first-order valence-electron chi connectivity index (χ1n) is 14.6. The Kier molecular flexibility index (Phi) is 8.50. The summed E-state index contributed by atoms with van der Waals surface area (Å²) in [6.07, 6.45) is 0.748. The topological polar surface area (TPSA) is 135 Å². The highest BCUT2D eigenvalue weighted by molar-refractivity contribution is 5.89. The number of nitrogens with zero attached hydrogens (tertiary/aromatic N) is 5. The summed E-state index contributed by atoms with van der Waals surface area (Å²) in [5, 5.41) is 9.28. The third-order valence-electron chi connectivity index (χ3n) is 7.94. The van der Waals surface area contributed by atoms with Gasteiger partial charge in [0.1, 0.15) is 11.6 Å². The van der Waals surface area contributed by atoms with Crippen molar-refractivity contribution in [2.24, 2.45) is 5.92 Å². The highest BCUT2D eigenvalue weighted by Gasteiger charge is 2.25. The van der Waals surface area contributed by atoms with E-state index in [2.05, 4.69) is 30.8 Å². The maximum Gasteiger partial charge on any atom is 0.319 e. The number of morpholine rings is 1. The van der Waals surface area contributed by atoms with E-state index in [1.807, 2.05) is 0 Å². The Morgan fingerprint density at radius 2 is 1.70 bits per heavy atom. The number of benzene rings is 2. The van der Waals surface area contributed by atoms with Gasteiger partial charge in [-0.25, -0.2) is 18.6 Å². The highest BCUT2D eigenvalue weighted by atomic mass is 19.3. The van der Waals surface area contributed by atoms with E-state index in [1.165, 1.54) is 4.57 Å². The number of alkyl halides is 2. The Morgan fingerprint density at radius 3 is 2.44 bits per heavy atom. The number of carbonyl (C=O) groups excluding carboxylic acids is 1. The van der Waals surface area contributed by atoms with Gasteiger partial charge in [-0.2, -0.15) is 9.97 Å². The lowest BCUT2D eigenvalue weighted by Gasteiger charge is -2.30. The number of para-hydroxylation sites is 2. The summed E-state index contributed by atoms with van der Waals surface area (Å²) >= 11 is 0. The molecule has 1 aliphatic carbocycles. The Hall–Kier alpha value is -4.52. The van der Waals surface area contributed by atoms with Gasteiger partial charge in [-0.1, -0.05) is 12.1 Å². The van der Waals surface area contributed by atoms with Gasteiger partial charge in [0, 0.05) is 43.1 Å². The number of carbonyl (C=O) groups is 1. The second-order valence-electron chi connectivity index (χ2n) is 10.9. The second-order valence-corrected chi connectivity index (χ2v) is 10.9. The summed E-state index contributed by atoms with van der Waals surface area (Å²) in [4.78, 5) is 28.2. The molecule has 2 amide bonds. The van der Waals surface area contributed by atoms with E-state index in [1.54, 1.807) is 54.6 Å². The van der Waals surface area contributed by atoms with Gasteiger partial charge >= 0.3 is 6.03 Å². The van der Waals surface area contributed by atoms with Crippen LogP contribution in [0.25, 0.3) is 16.9 Å². The van der Waals surface area contributed by atoms with Crippen molar-refractivity contribution in [3.63, 3.8) is 0 Å². The van der Waals surface area contributed by atoms with Gasteiger partial charge in [0.05, 0.1) is 24.2 Å². The average molecular weight is 592 g/mol. The van der Waals surface area contributed by atoms with Crippen molar-refractivity contribution >= 4 is 40.2 Å². The van der Waals surface area contributed by atoms with Crippen molar-refractivity contribution in [2.75, 3.05) is 54.1 Å². The largest absolute Gasteiger partial charge is 0.399 e. The minimum absolute atomic E-state index is 0.0832. The number of nitrogen functional groups attached to an aromatic ring is 1. The smallest absolute Gasteiger partial charge is 0.319 e. The fourth-order valence-corrected chi connectivity index (χ4v) is 5.67. The first-order chi connectivity index (χ1) is 20.9. The Balaban J connectivity index is 1.14. The Morgan fingerprint density at radius 1 is 0.977 bits per heavy atom. The van der Waals surface area contributed by atoms with Crippen LogP contribution >= 0.6 is 0 Å². The first kappa shape index (κ1) is 28.6. The van der Waals surface area contributed by atoms with Gasteiger partial charge < -0.3 is 31.3 Å². The average Bonchev–Trinajstić information content (AvgIpc) is 3.42. The van der Waals surface area contributed by atoms with Crippen LogP contribution in [0.3, 0.4) is 0 Å². The zero-order chi connectivity index (χ0) is 29.8. The fourth-order valence-electron chi connectivity index (χ4n) is 5.67. The molecule has 3 heterocycles. The summed E-state index contributed by atoms with van der Waals surface area (Å²) in [5.41, 5.74) is 8.07. The number of fused-ring (bicyclic) bond motifs is 1. The lowest BCUT2D eigenvalue weighted by Crippen LogP contribution is -2.40. The first-order valence-corrected chi connectivity index (χ1v) is 14.6. The van der Waals surface area contributed by atoms with Crippen LogP contribution in [-0.4, -0.2) is 64.4 Å². The SMILES string of the molecule is Nc1ccc(NC(=O)NC2CCC(CNc3nc(N4CCOCC4)cc(-n4c(C(F)F)nc5ccccc54)n3)CC2)cc1. The molecule has 2 fully saturated rings. The number of amides is 2. The molecule has 1 aliphatic heterocycles. The minimum Gasteiger partial charge on any atom is -0.399 e. The minimum atomic E-state index is -2.78. The van der Waals surface area contributed by atoms with Crippen molar-refractivity contribution < 1.29 is 18.3 Å². The summed E-state index contributed by atoms with van der Waals surface area (Å²) in [6.45, 7) is 3.04. The van der Waals surface area contributed by atoms with Gasteiger partial charge in [-0.05, 0) is 68.0 Å². The molecule has 226 valence electrons. The van der Waals surface area contributed by atoms with E-state index >= 15 is 0 Å². The molecule has 1 saturated heterocycles. The summed E-state index contributed by atoms with van der Waals surface area (Å²) < 4.78 is 35.2. The summed E-state index contributed by atoms with van der Waals surface area (Å²) in [5.74, 6) is 1.35. The molecular formula is C30H35F2N9O2. The van der Waals surface area contributed by atoms with Gasteiger partial charge in [-0.3, -0.25) is 4.57 Å². The molecule has 0 bridgehead atoms. The lowest BCUT2D eigenvalue weighted by atomic mass is 9.86. The molecule has 4 aromatic rings. The number of urea groups is 1. The molecule has 5 N–H and O–H groups in total. The van der Waals surface area contributed by atoms with Crippen LogP contribution in [-0.2, 0) is 4.74 Å². The van der Waals surface area contributed by atoms with Gasteiger partial charge in [0.15, 0.2) is 5.82 Å². The quantitative estimate of drug-likeness (QED) is 0.211.